The molecular weight excluding hydrogens is 743 g/mol. The Bertz CT molecular complexity index is 3420. The summed E-state index contributed by atoms with van der Waals surface area (Å²) in [6.07, 6.45) is 0. The Morgan fingerprint density at radius 1 is 0.441 bits per heavy atom. The average Bonchev–Trinajstić information content (AvgIpc) is 3.94. The first-order chi connectivity index (χ1) is 29.0. The molecule has 0 N–H and O–H groups in total. The van der Waals surface area contributed by atoms with Gasteiger partial charge in [0.1, 0.15) is 16.8 Å². The summed E-state index contributed by atoms with van der Waals surface area (Å²) in [5.41, 5.74) is 12.8. The molecule has 7 aromatic carbocycles. The molecule has 0 saturated heterocycles. The number of hydrogen-bond donors (Lipinski definition) is 0. The van der Waals surface area contributed by atoms with E-state index in [-0.39, 0.29) is 5.41 Å². The van der Waals surface area contributed by atoms with Crippen LogP contribution in [-0.2, 0) is 5.41 Å². The summed E-state index contributed by atoms with van der Waals surface area (Å²) in [4.78, 5) is 25.8. The van der Waals surface area contributed by atoms with Gasteiger partial charge in [-0.05, 0) is 64.7 Å². The van der Waals surface area contributed by atoms with Crippen molar-refractivity contribution in [2.24, 2.45) is 0 Å². The first kappa shape index (κ1) is 33.8. The highest BCUT2D eigenvalue weighted by atomic mass is 32.1. The quantitative estimate of drug-likeness (QED) is 0.173. The number of fused-ring (bicyclic) bond motifs is 9. The smallest absolute Gasteiger partial charge is 0.180 e. The highest BCUT2D eigenvalue weighted by Gasteiger charge is 2.35. The van der Waals surface area contributed by atoms with E-state index in [9.17, 15) is 0 Å². The molecule has 59 heavy (non-hydrogen) atoms. The predicted octanol–water partition coefficient (Wildman–Crippen LogP) is 13.6. The summed E-state index contributed by atoms with van der Waals surface area (Å²) in [6.45, 7) is 4.61. The number of rotatable bonds is 5. The average molecular weight is 776 g/mol. The summed E-state index contributed by atoms with van der Waals surface area (Å²) in [7, 11) is 0. The van der Waals surface area contributed by atoms with Gasteiger partial charge in [0.15, 0.2) is 28.9 Å². The SMILES string of the molecule is CC1(C)c2ccccc2-c2ccc(-c3nc(-c4ccc5sc6cccc(-c7nc(-c8ccccc8)nc(-c8ccccc8)n7)c6c5c4)nc4c3oc3ccccc34)cc21. The number of furan rings is 1. The van der Waals surface area contributed by atoms with E-state index in [1.807, 2.05) is 78.9 Å². The number of aromatic nitrogens is 5. The van der Waals surface area contributed by atoms with Crippen LogP contribution in [0.15, 0.2) is 168 Å². The minimum absolute atomic E-state index is 0.157. The Hall–Kier alpha value is -7.35. The molecule has 12 rings (SSSR count). The fourth-order valence-electron chi connectivity index (χ4n) is 8.85. The van der Waals surface area contributed by atoms with E-state index in [4.69, 9.17) is 29.3 Å². The van der Waals surface area contributed by atoms with Crippen LogP contribution >= 0.6 is 11.3 Å². The Balaban J connectivity index is 1.06. The fraction of sp³-hybridized carbons (Fsp3) is 0.0577. The molecular formula is C52H33N5OS. The standard InChI is InChI=1S/C52H33N5OS/c1-52(2)39-21-11-9-18-34(39)35-26-24-32(29-40(35)52)45-47-46(36-19-10-12-22-41(36)58-47)54-50(53-45)33-25-27-42-38(28-33)44-37(20-13-23-43(44)59-42)51-56-48(30-14-5-3-6-15-30)55-49(57-51)31-16-7-4-8-17-31/h3-29H,1-2H3. The predicted molar refractivity (Wildman–Crippen MR) is 240 cm³/mol. The largest absolute Gasteiger partial charge is 0.452 e. The van der Waals surface area contributed by atoms with E-state index in [1.54, 1.807) is 11.3 Å². The zero-order chi connectivity index (χ0) is 39.2. The molecule has 7 heteroatoms. The van der Waals surface area contributed by atoms with Crippen molar-refractivity contribution in [2.45, 2.75) is 19.3 Å². The highest BCUT2D eigenvalue weighted by Crippen LogP contribution is 2.50. The fourth-order valence-corrected chi connectivity index (χ4v) is 9.96. The van der Waals surface area contributed by atoms with Gasteiger partial charge in [-0.2, -0.15) is 0 Å². The van der Waals surface area contributed by atoms with E-state index in [0.717, 1.165) is 70.2 Å². The molecule has 6 nitrogen and oxygen atoms in total. The van der Waals surface area contributed by atoms with Gasteiger partial charge in [-0.3, -0.25) is 0 Å². The van der Waals surface area contributed by atoms with Crippen LogP contribution < -0.4 is 0 Å². The minimum atomic E-state index is -0.157. The maximum Gasteiger partial charge on any atom is 0.180 e. The minimum Gasteiger partial charge on any atom is -0.452 e. The Labute approximate surface area is 343 Å². The van der Waals surface area contributed by atoms with Gasteiger partial charge in [0.2, 0.25) is 0 Å². The van der Waals surface area contributed by atoms with E-state index in [0.29, 0.717) is 28.9 Å². The number of hydrogen-bond acceptors (Lipinski definition) is 7. The molecule has 1 aliphatic rings. The molecule has 0 fully saturated rings. The van der Waals surface area contributed by atoms with Crippen LogP contribution in [0.5, 0.6) is 0 Å². The summed E-state index contributed by atoms with van der Waals surface area (Å²) < 4.78 is 8.89. The van der Waals surface area contributed by atoms with Crippen LogP contribution in [0, 0.1) is 0 Å². The topological polar surface area (TPSA) is 77.6 Å². The summed E-state index contributed by atoms with van der Waals surface area (Å²) >= 11 is 1.76. The second kappa shape index (κ2) is 12.8. The molecule has 278 valence electrons. The zero-order valence-corrected chi connectivity index (χ0v) is 33.0. The lowest BCUT2D eigenvalue weighted by Crippen LogP contribution is -2.14. The van der Waals surface area contributed by atoms with E-state index < -0.39 is 0 Å². The molecule has 0 spiro atoms. The van der Waals surface area contributed by atoms with Gasteiger partial charge < -0.3 is 4.42 Å². The third-order valence-electron chi connectivity index (χ3n) is 11.8. The lowest BCUT2D eigenvalue weighted by molar-refractivity contribution is 0.659. The van der Waals surface area contributed by atoms with Crippen LogP contribution in [0.1, 0.15) is 25.0 Å². The Morgan fingerprint density at radius 2 is 1.08 bits per heavy atom. The van der Waals surface area contributed by atoms with Gasteiger partial charge in [-0.25, -0.2) is 24.9 Å². The van der Waals surface area contributed by atoms with Gasteiger partial charge in [-0.1, -0.05) is 135 Å². The van der Waals surface area contributed by atoms with Gasteiger partial charge in [0.25, 0.3) is 0 Å². The summed E-state index contributed by atoms with van der Waals surface area (Å²) in [6, 6.07) is 56.7. The zero-order valence-electron chi connectivity index (χ0n) is 32.1. The van der Waals surface area contributed by atoms with Gasteiger partial charge >= 0.3 is 0 Å². The van der Waals surface area contributed by atoms with Crippen LogP contribution in [0.2, 0.25) is 0 Å². The second-order valence-electron chi connectivity index (χ2n) is 15.6. The Kier molecular flexibility index (Phi) is 7.34. The molecule has 4 heterocycles. The summed E-state index contributed by atoms with van der Waals surface area (Å²) in [5.74, 6) is 2.53. The molecule has 0 unspecified atom stereocenters. The molecule has 0 aliphatic heterocycles. The molecule has 0 saturated carbocycles. The molecule has 1 aliphatic carbocycles. The van der Waals surface area contributed by atoms with Crippen LogP contribution in [0.3, 0.4) is 0 Å². The van der Waals surface area contributed by atoms with Crippen LogP contribution in [0.25, 0.3) is 110 Å². The lowest BCUT2D eigenvalue weighted by Gasteiger charge is -2.21. The van der Waals surface area contributed by atoms with Gasteiger partial charge in [0.05, 0.1) is 0 Å². The van der Waals surface area contributed by atoms with E-state index in [1.165, 1.54) is 22.3 Å². The van der Waals surface area contributed by atoms with Crippen molar-refractivity contribution in [3.63, 3.8) is 0 Å². The third kappa shape index (κ3) is 5.28. The molecule has 11 aromatic rings. The normalized spacial score (nSPS) is 13.1. The van der Waals surface area contributed by atoms with E-state index >= 15 is 0 Å². The van der Waals surface area contributed by atoms with Crippen molar-refractivity contribution in [1.29, 1.82) is 0 Å². The van der Waals surface area contributed by atoms with Crippen molar-refractivity contribution in [3.05, 3.63) is 175 Å². The van der Waals surface area contributed by atoms with Crippen molar-refractivity contribution in [3.8, 4) is 67.9 Å². The second-order valence-corrected chi connectivity index (χ2v) is 16.7. The van der Waals surface area contributed by atoms with Crippen LogP contribution in [-0.4, -0.2) is 24.9 Å². The van der Waals surface area contributed by atoms with Gasteiger partial charge in [-0.15, -0.1) is 11.3 Å². The molecule has 0 amide bonds. The molecule has 0 radical (unpaired) electrons. The summed E-state index contributed by atoms with van der Waals surface area (Å²) in [5, 5.41) is 3.15. The lowest BCUT2D eigenvalue weighted by atomic mass is 9.82. The maximum atomic E-state index is 6.58. The number of para-hydroxylation sites is 1. The molecule has 0 bridgehead atoms. The monoisotopic (exact) mass is 775 g/mol. The first-order valence-corrected chi connectivity index (χ1v) is 20.6. The van der Waals surface area contributed by atoms with Crippen molar-refractivity contribution in [1.82, 2.24) is 24.9 Å². The van der Waals surface area contributed by atoms with Crippen molar-refractivity contribution in [2.75, 3.05) is 0 Å². The number of benzene rings is 7. The third-order valence-corrected chi connectivity index (χ3v) is 12.9. The van der Waals surface area contributed by atoms with Crippen LogP contribution in [0.4, 0.5) is 0 Å². The highest BCUT2D eigenvalue weighted by molar-refractivity contribution is 7.26. The van der Waals surface area contributed by atoms with E-state index in [2.05, 4.69) is 98.8 Å². The van der Waals surface area contributed by atoms with Crippen molar-refractivity contribution >= 4 is 53.6 Å². The number of thiophene rings is 1. The maximum absolute atomic E-state index is 6.58. The van der Waals surface area contributed by atoms with Crippen molar-refractivity contribution < 1.29 is 4.42 Å². The molecule has 0 atom stereocenters. The first-order valence-electron chi connectivity index (χ1n) is 19.7. The Morgan fingerprint density at radius 3 is 1.88 bits per heavy atom. The number of nitrogens with zero attached hydrogens (tertiary/aromatic N) is 5. The van der Waals surface area contributed by atoms with Gasteiger partial charge in [0, 0.05) is 58.8 Å². The molecule has 4 aromatic heterocycles.